The van der Waals surface area contributed by atoms with E-state index in [1.165, 1.54) is 6.07 Å². The molecule has 86 valence electrons. The molecule has 1 aromatic carbocycles. The van der Waals surface area contributed by atoms with Crippen LogP contribution in [0.3, 0.4) is 0 Å². The Bertz CT molecular complexity index is 402. The summed E-state index contributed by atoms with van der Waals surface area (Å²) >= 11 is 3.12. The summed E-state index contributed by atoms with van der Waals surface area (Å²) in [6.45, 7) is 0.332. The molecule has 0 bridgehead atoms. The van der Waals surface area contributed by atoms with Crippen molar-refractivity contribution in [3.05, 3.63) is 28.5 Å². The molecule has 1 aliphatic rings. The van der Waals surface area contributed by atoms with Crippen LogP contribution >= 0.6 is 15.9 Å². The number of hydrogen-bond acceptors (Lipinski definition) is 2. The zero-order valence-corrected chi connectivity index (χ0v) is 10.3. The van der Waals surface area contributed by atoms with Crippen LogP contribution in [0.4, 0.5) is 4.39 Å². The fraction of sp³-hybridized carbons (Fsp3) is 0.417. The van der Waals surface area contributed by atoms with Gasteiger partial charge < -0.3 is 9.53 Å². The molecule has 0 unspecified atom stereocenters. The molecule has 0 spiro atoms. The quantitative estimate of drug-likeness (QED) is 0.794. The van der Waals surface area contributed by atoms with Gasteiger partial charge >= 0.3 is 0 Å². The Morgan fingerprint density at radius 3 is 2.81 bits per heavy atom. The van der Waals surface area contributed by atoms with Gasteiger partial charge in [-0.2, -0.15) is 0 Å². The molecule has 1 aromatic rings. The lowest BCUT2D eigenvalue weighted by Gasteiger charge is -2.36. The number of rotatable bonds is 4. The zero-order chi connectivity index (χ0) is 11.6. The largest absolute Gasteiger partial charge is 0.491 e. The van der Waals surface area contributed by atoms with Gasteiger partial charge in [-0.25, -0.2) is 4.39 Å². The second-order valence-corrected chi connectivity index (χ2v) is 4.97. The van der Waals surface area contributed by atoms with Gasteiger partial charge in [0.25, 0.3) is 0 Å². The molecule has 2 nitrogen and oxygen atoms in total. The van der Waals surface area contributed by atoms with Crippen molar-refractivity contribution in [2.24, 2.45) is 5.41 Å². The van der Waals surface area contributed by atoms with Crippen LogP contribution in [-0.2, 0) is 4.79 Å². The number of carbonyl (C=O) groups excluding carboxylic acids is 1. The standard InChI is InChI=1S/C12H12BrFO2/c13-11-9(14)3-1-4-10(11)16-8-12(7-15)5-2-6-12/h1,3-4,7H,2,5-6,8H2. The fourth-order valence-corrected chi connectivity index (χ4v) is 2.12. The molecule has 0 aliphatic heterocycles. The van der Waals surface area contributed by atoms with E-state index in [9.17, 15) is 9.18 Å². The molecule has 2 rings (SSSR count). The van der Waals surface area contributed by atoms with Gasteiger partial charge in [0, 0.05) is 0 Å². The van der Waals surface area contributed by atoms with E-state index in [4.69, 9.17) is 4.74 Å². The lowest BCUT2D eigenvalue weighted by molar-refractivity contribution is -0.122. The minimum atomic E-state index is -0.355. The lowest BCUT2D eigenvalue weighted by atomic mass is 9.71. The van der Waals surface area contributed by atoms with Gasteiger partial charge in [0.15, 0.2) is 0 Å². The molecule has 16 heavy (non-hydrogen) atoms. The Morgan fingerprint density at radius 2 is 2.25 bits per heavy atom. The highest BCUT2D eigenvalue weighted by Gasteiger charge is 2.37. The first-order valence-corrected chi connectivity index (χ1v) is 5.99. The van der Waals surface area contributed by atoms with E-state index in [2.05, 4.69) is 15.9 Å². The molecule has 0 N–H and O–H groups in total. The normalized spacial score (nSPS) is 17.6. The number of hydrogen-bond donors (Lipinski definition) is 0. The summed E-state index contributed by atoms with van der Waals surface area (Å²) in [5.41, 5.74) is -0.342. The maximum Gasteiger partial charge on any atom is 0.141 e. The topological polar surface area (TPSA) is 26.3 Å². The fourth-order valence-electron chi connectivity index (χ4n) is 1.74. The van der Waals surface area contributed by atoms with Crippen LogP contribution in [-0.4, -0.2) is 12.9 Å². The van der Waals surface area contributed by atoms with Gasteiger partial charge in [-0.3, -0.25) is 0 Å². The molecule has 0 atom stereocenters. The number of carbonyl (C=O) groups is 1. The molecule has 1 saturated carbocycles. The first-order chi connectivity index (χ1) is 7.67. The van der Waals surface area contributed by atoms with Gasteiger partial charge in [0.2, 0.25) is 0 Å². The average Bonchev–Trinajstić information content (AvgIpc) is 2.23. The molecule has 1 fully saturated rings. The molecule has 0 saturated heterocycles. The highest BCUT2D eigenvalue weighted by Crippen LogP contribution is 2.40. The second-order valence-electron chi connectivity index (χ2n) is 4.17. The van der Waals surface area contributed by atoms with E-state index in [0.29, 0.717) is 16.8 Å². The zero-order valence-electron chi connectivity index (χ0n) is 8.71. The summed E-state index contributed by atoms with van der Waals surface area (Å²) in [5, 5.41) is 0. The third-order valence-electron chi connectivity index (χ3n) is 3.03. The third-order valence-corrected chi connectivity index (χ3v) is 3.80. The minimum Gasteiger partial charge on any atom is -0.491 e. The summed E-state index contributed by atoms with van der Waals surface area (Å²) in [4.78, 5) is 10.9. The van der Waals surface area contributed by atoms with Crippen LogP contribution in [0.2, 0.25) is 0 Å². The lowest BCUT2D eigenvalue weighted by Crippen LogP contribution is -2.37. The Balaban J connectivity index is 2.04. The molecular weight excluding hydrogens is 275 g/mol. The molecule has 4 heteroatoms. The van der Waals surface area contributed by atoms with Crippen molar-refractivity contribution in [2.75, 3.05) is 6.61 Å². The first-order valence-electron chi connectivity index (χ1n) is 5.20. The van der Waals surface area contributed by atoms with E-state index in [-0.39, 0.29) is 11.2 Å². The van der Waals surface area contributed by atoms with Gasteiger partial charge in [-0.1, -0.05) is 12.5 Å². The van der Waals surface area contributed by atoms with Gasteiger partial charge in [-0.05, 0) is 40.9 Å². The van der Waals surface area contributed by atoms with E-state index in [1.807, 2.05) is 0 Å². The number of ether oxygens (including phenoxy) is 1. The second kappa shape index (κ2) is 4.53. The van der Waals surface area contributed by atoms with Gasteiger partial charge in [-0.15, -0.1) is 0 Å². The summed E-state index contributed by atoms with van der Waals surface area (Å²) in [6.07, 6.45) is 3.75. The summed E-state index contributed by atoms with van der Waals surface area (Å²) in [7, 11) is 0. The van der Waals surface area contributed by atoms with Crippen LogP contribution in [0.15, 0.2) is 22.7 Å². The van der Waals surface area contributed by atoms with E-state index in [0.717, 1.165) is 25.5 Å². The molecule has 0 radical (unpaired) electrons. The molecule has 0 heterocycles. The smallest absolute Gasteiger partial charge is 0.141 e. The van der Waals surface area contributed by atoms with Crippen molar-refractivity contribution in [3.63, 3.8) is 0 Å². The minimum absolute atomic E-state index is 0.315. The van der Waals surface area contributed by atoms with E-state index < -0.39 is 0 Å². The predicted molar refractivity (Wildman–Crippen MR) is 61.9 cm³/mol. The van der Waals surface area contributed by atoms with Crippen molar-refractivity contribution in [1.82, 2.24) is 0 Å². The van der Waals surface area contributed by atoms with Crippen molar-refractivity contribution in [1.29, 1.82) is 0 Å². The maximum absolute atomic E-state index is 13.2. The van der Waals surface area contributed by atoms with E-state index >= 15 is 0 Å². The van der Waals surface area contributed by atoms with Gasteiger partial charge in [0.05, 0.1) is 9.89 Å². The van der Waals surface area contributed by atoms with E-state index in [1.54, 1.807) is 12.1 Å². The van der Waals surface area contributed by atoms with Crippen molar-refractivity contribution in [3.8, 4) is 5.75 Å². The first kappa shape index (κ1) is 11.6. The third kappa shape index (κ3) is 2.12. The summed E-state index contributed by atoms with van der Waals surface area (Å²) in [6, 6.07) is 4.63. The summed E-state index contributed by atoms with van der Waals surface area (Å²) in [5.74, 6) is 0.0967. The highest BCUT2D eigenvalue weighted by atomic mass is 79.9. The van der Waals surface area contributed by atoms with Crippen molar-refractivity contribution >= 4 is 22.2 Å². The molecule has 0 amide bonds. The van der Waals surface area contributed by atoms with Crippen LogP contribution < -0.4 is 4.74 Å². The average molecular weight is 287 g/mol. The molecule has 0 aromatic heterocycles. The van der Waals surface area contributed by atoms with Crippen LogP contribution in [0.5, 0.6) is 5.75 Å². The predicted octanol–water partition coefficient (Wildman–Crippen LogP) is 3.34. The van der Waals surface area contributed by atoms with Crippen LogP contribution in [0, 0.1) is 11.2 Å². The highest BCUT2D eigenvalue weighted by molar-refractivity contribution is 9.10. The Morgan fingerprint density at radius 1 is 1.50 bits per heavy atom. The number of aldehydes is 1. The number of halogens is 2. The van der Waals surface area contributed by atoms with Crippen LogP contribution in [0.25, 0.3) is 0 Å². The molecule has 1 aliphatic carbocycles. The van der Waals surface area contributed by atoms with Crippen molar-refractivity contribution < 1.29 is 13.9 Å². The van der Waals surface area contributed by atoms with Crippen molar-refractivity contribution in [2.45, 2.75) is 19.3 Å². The Labute approximate surface area is 102 Å². The Kier molecular flexibility index (Phi) is 3.28. The van der Waals surface area contributed by atoms with Crippen LogP contribution in [0.1, 0.15) is 19.3 Å². The Hall–Kier alpha value is -0.900. The number of benzene rings is 1. The van der Waals surface area contributed by atoms with Gasteiger partial charge in [0.1, 0.15) is 24.5 Å². The maximum atomic E-state index is 13.2. The summed E-state index contributed by atoms with van der Waals surface area (Å²) < 4.78 is 19.0. The monoisotopic (exact) mass is 286 g/mol. The molecular formula is C12H12BrFO2. The SMILES string of the molecule is O=CC1(COc2cccc(F)c2Br)CCC1.